The van der Waals surface area contributed by atoms with E-state index in [0.29, 0.717) is 5.92 Å². The number of pyridine rings is 1. The number of hydrogen-bond acceptors (Lipinski definition) is 2. The van der Waals surface area contributed by atoms with E-state index in [1.807, 2.05) is 41.1 Å². The minimum absolute atomic E-state index is 0.108. The van der Waals surface area contributed by atoms with Crippen LogP contribution in [-0.4, -0.2) is 17.7 Å². The van der Waals surface area contributed by atoms with Crippen molar-refractivity contribution in [1.29, 1.82) is 0 Å². The second kappa shape index (κ2) is 5.83. The highest BCUT2D eigenvalue weighted by molar-refractivity contribution is 5.81. The SMILES string of the molecule is CCNCC(C)Cn1ccc2ccccc2c1=O. The normalized spacial score (nSPS) is 12.8. The molecule has 0 spiro atoms. The average Bonchev–Trinajstić information content (AvgIpc) is 2.40. The zero-order valence-electron chi connectivity index (χ0n) is 11.0. The van der Waals surface area contributed by atoms with Gasteiger partial charge in [0.25, 0.3) is 5.56 Å². The Kier molecular flexibility index (Phi) is 4.15. The molecule has 0 aliphatic rings. The first kappa shape index (κ1) is 12.8. The van der Waals surface area contributed by atoms with Crippen LogP contribution in [0, 0.1) is 5.92 Å². The monoisotopic (exact) mass is 244 g/mol. The lowest BCUT2D eigenvalue weighted by molar-refractivity contribution is 0.445. The van der Waals surface area contributed by atoms with Gasteiger partial charge in [-0.15, -0.1) is 0 Å². The van der Waals surface area contributed by atoms with E-state index in [0.717, 1.165) is 30.4 Å². The number of nitrogens with zero attached hydrogens (tertiary/aromatic N) is 1. The highest BCUT2D eigenvalue weighted by Crippen LogP contribution is 2.08. The summed E-state index contributed by atoms with van der Waals surface area (Å²) in [4.78, 5) is 12.3. The first-order chi connectivity index (χ1) is 8.72. The van der Waals surface area contributed by atoms with Gasteiger partial charge in [0.1, 0.15) is 0 Å². The summed E-state index contributed by atoms with van der Waals surface area (Å²) in [6, 6.07) is 9.75. The molecule has 0 saturated carbocycles. The van der Waals surface area contributed by atoms with Crippen molar-refractivity contribution in [3.8, 4) is 0 Å². The van der Waals surface area contributed by atoms with Crippen molar-refractivity contribution < 1.29 is 0 Å². The molecule has 3 heteroatoms. The molecule has 96 valence electrons. The minimum Gasteiger partial charge on any atom is -0.317 e. The smallest absolute Gasteiger partial charge is 0.258 e. The molecule has 2 aromatic rings. The largest absolute Gasteiger partial charge is 0.317 e. The van der Waals surface area contributed by atoms with Crippen LogP contribution in [0.1, 0.15) is 13.8 Å². The number of fused-ring (bicyclic) bond motifs is 1. The molecule has 0 aliphatic carbocycles. The van der Waals surface area contributed by atoms with E-state index in [-0.39, 0.29) is 5.56 Å². The molecule has 1 N–H and O–H groups in total. The summed E-state index contributed by atoms with van der Waals surface area (Å²) in [6.07, 6.45) is 1.90. The summed E-state index contributed by atoms with van der Waals surface area (Å²) in [5, 5.41) is 5.12. The van der Waals surface area contributed by atoms with Crippen LogP contribution >= 0.6 is 0 Å². The summed E-state index contributed by atoms with van der Waals surface area (Å²) >= 11 is 0. The average molecular weight is 244 g/mol. The Morgan fingerprint density at radius 3 is 2.83 bits per heavy atom. The second-order valence-corrected chi connectivity index (χ2v) is 4.77. The summed E-state index contributed by atoms with van der Waals surface area (Å²) in [5.41, 5.74) is 0.108. The Morgan fingerprint density at radius 1 is 1.28 bits per heavy atom. The fraction of sp³-hybridized carbons (Fsp3) is 0.400. The van der Waals surface area contributed by atoms with Crippen molar-refractivity contribution in [2.75, 3.05) is 13.1 Å². The molecule has 0 fully saturated rings. The third-order valence-electron chi connectivity index (χ3n) is 3.14. The molecule has 3 nitrogen and oxygen atoms in total. The Hall–Kier alpha value is -1.61. The van der Waals surface area contributed by atoms with Gasteiger partial charge in [0.05, 0.1) is 0 Å². The Bertz CT molecular complexity index is 574. The van der Waals surface area contributed by atoms with Crippen LogP contribution in [0.3, 0.4) is 0 Å². The molecule has 18 heavy (non-hydrogen) atoms. The van der Waals surface area contributed by atoms with Gasteiger partial charge in [0.15, 0.2) is 0 Å². The predicted molar refractivity (Wildman–Crippen MR) is 75.9 cm³/mol. The van der Waals surface area contributed by atoms with Crippen LogP contribution in [0.5, 0.6) is 0 Å². The van der Waals surface area contributed by atoms with E-state index in [1.165, 1.54) is 0 Å². The van der Waals surface area contributed by atoms with Crippen molar-refractivity contribution >= 4 is 10.8 Å². The van der Waals surface area contributed by atoms with Gasteiger partial charge in [-0.2, -0.15) is 0 Å². The molecule has 0 radical (unpaired) electrons. The fourth-order valence-electron chi connectivity index (χ4n) is 2.16. The van der Waals surface area contributed by atoms with E-state index < -0.39 is 0 Å². The fourth-order valence-corrected chi connectivity index (χ4v) is 2.16. The summed E-state index contributed by atoms with van der Waals surface area (Å²) in [5.74, 6) is 0.448. The Labute approximate surface area is 107 Å². The quantitative estimate of drug-likeness (QED) is 0.875. The van der Waals surface area contributed by atoms with Crippen molar-refractivity contribution in [3.63, 3.8) is 0 Å². The van der Waals surface area contributed by atoms with E-state index in [9.17, 15) is 4.79 Å². The summed E-state index contributed by atoms with van der Waals surface area (Å²) < 4.78 is 1.81. The molecule has 1 heterocycles. The number of nitrogens with one attached hydrogen (secondary N) is 1. The maximum Gasteiger partial charge on any atom is 0.258 e. The Morgan fingerprint density at radius 2 is 2.06 bits per heavy atom. The molecule has 0 saturated heterocycles. The molecular weight excluding hydrogens is 224 g/mol. The van der Waals surface area contributed by atoms with Crippen molar-refractivity contribution in [2.45, 2.75) is 20.4 Å². The molecular formula is C15H20N2O. The lowest BCUT2D eigenvalue weighted by atomic mass is 10.1. The van der Waals surface area contributed by atoms with Gasteiger partial charge in [0, 0.05) is 18.1 Å². The van der Waals surface area contributed by atoms with Crippen molar-refractivity contribution in [1.82, 2.24) is 9.88 Å². The topological polar surface area (TPSA) is 34.0 Å². The Balaban J connectivity index is 2.24. The van der Waals surface area contributed by atoms with Crippen molar-refractivity contribution in [3.05, 3.63) is 46.9 Å². The molecule has 1 aromatic carbocycles. The van der Waals surface area contributed by atoms with Crippen molar-refractivity contribution in [2.24, 2.45) is 5.92 Å². The lowest BCUT2D eigenvalue weighted by Gasteiger charge is -2.14. The maximum atomic E-state index is 12.3. The maximum absolute atomic E-state index is 12.3. The van der Waals surface area contributed by atoms with E-state index in [1.54, 1.807) is 0 Å². The first-order valence-corrected chi connectivity index (χ1v) is 6.51. The number of hydrogen-bond donors (Lipinski definition) is 1. The highest BCUT2D eigenvalue weighted by atomic mass is 16.1. The van der Waals surface area contributed by atoms with Gasteiger partial charge >= 0.3 is 0 Å². The number of aromatic nitrogens is 1. The van der Waals surface area contributed by atoms with Gasteiger partial charge in [-0.1, -0.05) is 32.0 Å². The van der Waals surface area contributed by atoms with Gasteiger partial charge in [-0.25, -0.2) is 0 Å². The van der Waals surface area contributed by atoms with E-state index >= 15 is 0 Å². The van der Waals surface area contributed by atoms with Crippen LogP contribution in [-0.2, 0) is 6.54 Å². The molecule has 0 aliphatic heterocycles. The van der Waals surface area contributed by atoms with Gasteiger partial charge in [-0.05, 0) is 36.5 Å². The number of benzene rings is 1. The summed E-state index contributed by atoms with van der Waals surface area (Å²) in [6.45, 7) is 6.92. The van der Waals surface area contributed by atoms with Gasteiger partial charge < -0.3 is 9.88 Å². The zero-order valence-corrected chi connectivity index (χ0v) is 11.0. The number of rotatable bonds is 5. The van der Waals surface area contributed by atoms with E-state index in [4.69, 9.17) is 0 Å². The lowest BCUT2D eigenvalue weighted by Crippen LogP contribution is -2.28. The van der Waals surface area contributed by atoms with E-state index in [2.05, 4.69) is 19.2 Å². The van der Waals surface area contributed by atoms with Crippen LogP contribution < -0.4 is 10.9 Å². The van der Waals surface area contributed by atoms with Crippen LogP contribution in [0.2, 0.25) is 0 Å². The predicted octanol–water partition coefficient (Wildman–Crippen LogP) is 2.25. The first-order valence-electron chi connectivity index (χ1n) is 6.51. The molecule has 1 atom stereocenters. The minimum atomic E-state index is 0.108. The molecule has 1 unspecified atom stereocenters. The highest BCUT2D eigenvalue weighted by Gasteiger charge is 2.06. The molecule has 0 bridgehead atoms. The molecule has 1 aromatic heterocycles. The van der Waals surface area contributed by atoms with Crippen LogP contribution in [0.15, 0.2) is 41.3 Å². The second-order valence-electron chi connectivity index (χ2n) is 4.77. The zero-order chi connectivity index (χ0) is 13.0. The molecule has 2 rings (SSSR count). The van der Waals surface area contributed by atoms with Gasteiger partial charge in [-0.3, -0.25) is 4.79 Å². The molecule has 0 amide bonds. The third-order valence-corrected chi connectivity index (χ3v) is 3.14. The van der Waals surface area contributed by atoms with Crippen LogP contribution in [0.25, 0.3) is 10.8 Å². The summed E-state index contributed by atoms with van der Waals surface area (Å²) in [7, 11) is 0. The standard InChI is InChI=1S/C15H20N2O/c1-3-16-10-12(2)11-17-9-8-13-6-4-5-7-14(13)15(17)18/h4-9,12,16H,3,10-11H2,1-2H3. The van der Waals surface area contributed by atoms with Crippen LogP contribution in [0.4, 0.5) is 0 Å². The third kappa shape index (κ3) is 2.79. The van der Waals surface area contributed by atoms with Gasteiger partial charge in [0.2, 0.25) is 0 Å².